The first-order valence-electron chi connectivity index (χ1n) is 9.34. The second kappa shape index (κ2) is 8.12. The van der Waals surface area contributed by atoms with Crippen LogP contribution in [0.4, 0.5) is 5.69 Å². The van der Waals surface area contributed by atoms with Gasteiger partial charge >= 0.3 is 6.01 Å². The van der Waals surface area contributed by atoms with Gasteiger partial charge in [-0.3, -0.25) is 9.78 Å². The number of anilines is 1. The molecule has 0 bridgehead atoms. The van der Waals surface area contributed by atoms with Crippen LogP contribution >= 0.6 is 11.6 Å². The number of halogens is 1. The molecule has 7 nitrogen and oxygen atoms in total. The first kappa shape index (κ1) is 19.8. The Hall–Kier alpha value is -3.45. The topological polar surface area (TPSA) is 80.2 Å². The summed E-state index contributed by atoms with van der Waals surface area (Å²) >= 11 is 5.96. The van der Waals surface area contributed by atoms with E-state index in [1.807, 2.05) is 6.07 Å². The lowest BCUT2D eigenvalue weighted by Gasteiger charge is -2.48. The SMILES string of the molecule is C=CC(=O)N1CC(C)(Nc2cncc(-c3cnc(Oc4cccc(Cl)c4)nc3)c2)C1. The zero-order valence-electron chi connectivity index (χ0n) is 16.4. The van der Waals surface area contributed by atoms with Crippen molar-refractivity contribution < 1.29 is 9.53 Å². The minimum atomic E-state index is -0.204. The molecule has 1 aliphatic rings. The fourth-order valence-corrected chi connectivity index (χ4v) is 3.51. The fourth-order valence-electron chi connectivity index (χ4n) is 3.33. The van der Waals surface area contributed by atoms with Gasteiger partial charge in [0, 0.05) is 54.0 Å². The number of rotatable bonds is 6. The van der Waals surface area contributed by atoms with Gasteiger partial charge in [0.1, 0.15) is 5.75 Å². The van der Waals surface area contributed by atoms with Crippen molar-refractivity contribution in [3.05, 3.63) is 72.8 Å². The van der Waals surface area contributed by atoms with Gasteiger partial charge in [-0.2, -0.15) is 0 Å². The minimum absolute atomic E-state index is 0.0571. The van der Waals surface area contributed by atoms with Crippen LogP contribution in [-0.2, 0) is 4.79 Å². The van der Waals surface area contributed by atoms with E-state index in [4.69, 9.17) is 16.3 Å². The maximum atomic E-state index is 11.7. The van der Waals surface area contributed by atoms with E-state index in [2.05, 4.69) is 33.8 Å². The third-order valence-electron chi connectivity index (χ3n) is 4.72. The van der Waals surface area contributed by atoms with E-state index in [1.165, 1.54) is 6.08 Å². The quantitative estimate of drug-likeness (QED) is 0.601. The molecule has 2 aromatic heterocycles. The Balaban J connectivity index is 1.44. The van der Waals surface area contributed by atoms with Crippen LogP contribution in [0, 0.1) is 0 Å². The average molecular weight is 422 g/mol. The smallest absolute Gasteiger partial charge is 0.321 e. The number of ether oxygens (including phenoxy) is 1. The highest BCUT2D eigenvalue weighted by molar-refractivity contribution is 6.30. The maximum absolute atomic E-state index is 11.7. The van der Waals surface area contributed by atoms with Crippen LogP contribution in [-0.4, -0.2) is 44.4 Å². The number of nitrogens with one attached hydrogen (secondary N) is 1. The second-order valence-corrected chi connectivity index (χ2v) is 7.80. The number of likely N-dealkylation sites (tertiary alicyclic amines) is 1. The summed E-state index contributed by atoms with van der Waals surface area (Å²) in [6, 6.07) is 9.26. The van der Waals surface area contributed by atoms with E-state index in [9.17, 15) is 4.79 Å². The van der Waals surface area contributed by atoms with Crippen molar-refractivity contribution in [2.75, 3.05) is 18.4 Å². The van der Waals surface area contributed by atoms with Crippen LogP contribution in [0.25, 0.3) is 11.1 Å². The third-order valence-corrected chi connectivity index (χ3v) is 4.95. The number of hydrogen-bond acceptors (Lipinski definition) is 6. The highest BCUT2D eigenvalue weighted by Gasteiger charge is 2.40. The monoisotopic (exact) mass is 421 g/mol. The molecule has 0 spiro atoms. The maximum Gasteiger partial charge on any atom is 0.321 e. The van der Waals surface area contributed by atoms with Crippen molar-refractivity contribution in [3.8, 4) is 22.9 Å². The van der Waals surface area contributed by atoms with Crippen molar-refractivity contribution >= 4 is 23.2 Å². The molecule has 0 aliphatic carbocycles. The van der Waals surface area contributed by atoms with E-state index in [0.29, 0.717) is 23.9 Å². The molecule has 0 unspecified atom stereocenters. The summed E-state index contributed by atoms with van der Waals surface area (Å²) in [7, 11) is 0. The zero-order chi connectivity index (χ0) is 21.1. The Morgan fingerprint density at radius 1 is 1.20 bits per heavy atom. The highest BCUT2D eigenvalue weighted by atomic mass is 35.5. The Morgan fingerprint density at radius 3 is 2.67 bits per heavy atom. The van der Waals surface area contributed by atoms with E-state index < -0.39 is 0 Å². The number of nitrogens with zero attached hydrogens (tertiary/aromatic N) is 4. The molecule has 3 heterocycles. The van der Waals surface area contributed by atoms with E-state index in [-0.39, 0.29) is 17.5 Å². The van der Waals surface area contributed by atoms with Gasteiger partial charge in [-0.25, -0.2) is 9.97 Å². The van der Waals surface area contributed by atoms with Crippen molar-refractivity contribution in [3.63, 3.8) is 0 Å². The molecule has 1 fully saturated rings. The molecule has 0 atom stereocenters. The van der Waals surface area contributed by atoms with Gasteiger partial charge in [-0.05, 0) is 37.3 Å². The minimum Gasteiger partial charge on any atom is -0.424 e. The number of hydrogen-bond donors (Lipinski definition) is 1. The van der Waals surface area contributed by atoms with Crippen LogP contribution < -0.4 is 10.1 Å². The van der Waals surface area contributed by atoms with Gasteiger partial charge in [0.05, 0.1) is 11.2 Å². The molecule has 1 aliphatic heterocycles. The largest absolute Gasteiger partial charge is 0.424 e. The summed E-state index contributed by atoms with van der Waals surface area (Å²) in [6.45, 7) is 6.82. The van der Waals surface area contributed by atoms with Crippen LogP contribution in [0.2, 0.25) is 5.02 Å². The summed E-state index contributed by atoms with van der Waals surface area (Å²) in [6.07, 6.45) is 8.20. The lowest BCUT2D eigenvalue weighted by atomic mass is 9.91. The first-order valence-corrected chi connectivity index (χ1v) is 9.72. The molecule has 1 saturated heterocycles. The molecule has 1 amide bonds. The Kier molecular flexibility index (Phi) is 5.37. The average Bonchev–Trinajstić information content (AvgIpc) is 2.72. The molecule has 8 heteroatoms. The van der Waals surface area contributed by atoms with Crippen molar-refractivity contribution in [1.82, 2.24) is 19.9 Å². The molecule has 0 saturated carbocycles. The van der Waals surface area contributed by atoms with Crippen molar-refractivity contribution in [1.29, 1.82) is 0 Å². The lowest BCUT2D eigenvalue weighted by Crippen LogP contribution is -2.65. The summed E-state index contributed by atoms with van der Waals surface area (Å²) in [5.41, 5.74) is 2.34. The zero-order valence-corrected chi connectivity index (χ0v) is 17.1. The van der Waals surface area contributed by atoms with Gasteiger partial charge in [0.15, 0.2) is 0 Å². The highest BCUT2D eigenvalue weighted by Crippen LogP contribution is 2.28. The number of carbonyl (C=O) groups excluding carboxylic acids is 1. The molecule has 1 N–H and O–H groups in total. The number of pyridine rings is 1. The fraction of sp³-hybridized carbons (Fsp3) is 0.182. The van der Waals surface area contributed by atoms with Crippen LogP contribution in [0.15, 0.2) is 67.8 Å². The summed E-state index contributed by atoms with van der Waals surface area (Å²) in [5, 5.41) is 4.03. The van der Waals surface area contributed by atoms with Gasteiger partial charge in [0.2, 0.25) is 5.91 Å². The molecule has 30 heavy (non-hydrogen) atoms. The van der Waals surface area contributed by atoms with Crippen LogP contribution in [0.1, 0.15) is 6.92 Å². The molecule has 1 aromatic carbocycles. The second-order valence-electron chi connectivity index (χ2n) is 7.36. The predicted molar refractivity (Wildman–Crippen MR) is 116 cm³/mol. The number of carbonyl (C=O) groups is 1. The molecular weight excluding hydrogens is 402 g/mol. The number of benzene rings is 1. The molecule has 3 aromatic rings. The molecule has 0 radical (unpaired) electrons. The Labute approximate surface area is 179 Å². The predicted octanol–water partition coefficient (Wildman–Crippen LogP) is 4.18. The Morgan fingerprint density at radius 2 is 1.97 bits per heavy atom. The molecule has 152 valence electrons. The number of aromatic nitrogens is 3. The standard InChI is InChI=1S/C22H20ClN5O2/c1-3-20(29)28-13-22(2,14-28)27-18-7-15(9-24-12-18)16-10-25-21(26-11-16)30-19-6-4-5-17(23)8-19/h3-12,27H,1,13-14H2,2H3. The van der Waals surface area contributed by atoms with Crippen molar-refractivity contribution in [2.45, 2.75) is 12.5 Å². The van der Waals surface area contributed by atoms with Gasteiger partial charge in [-0.1, -0.05) is 24.2 Å². The van der Waals surface area contributed by atoms with Gasteiger partial charge in [0.25, 0.3) is 0 Å². The van der Waals surface area contributed by atoms with E-state index in [1.54, 1.807) is 54.0 Å². The van der Waals surface area contributed by atoms with Crippen molar-refractivity contribution in [2.24, 2.45) is 0 Å². The Bertz CT molecular complexity index is 1080. The normalized spacial score (nSPS) is 14.5. The lowest BCUT2D eigenvalue weighted by molar-refractivity contribution is -0.132. The van der Waals surface area contributed by atoms with Crippen LogP contribution in [0.5, 0.6) is 11.8 Å². The number of amides is 1. The van der Waals surface area contributed by atoms with Gasteiger partial charge < -0.3 is 15.0 Å². The van der Waals surface area contributed by atoms with E-state index in [0.717, 1.165) is 16.8 Å². The summed E-state index contributed by atoms with van der Waals surface area (Å²) < 4.78 is 5.63. The van der Waals surface area contributed by atoms with E-state index >= 15 is 0 Å². The van der Waals surface area contributed by atoms with Crippen LogP contribution in [0.3, 0.4) is 0 Å². The molecular formula is C22H20ClN5O2. The van der Waals surface area contributed by atoms with Gasteiger partial charge in [-0.15, -0.1) is 0 Å². The first-order chi connectivity index (χ1) is 14.4. The third kappa shape index (κ3) is 4.41. The summed E-state index contributed by atoms with van der Waals surface area (Å²) in [5.74, 6) is 0.513. The summed E-state index contributed by atoms with van der Waals surface area (Å²) in [4.78, 5) is 26.3. The molecule has 4 rings (SSSR count).